The van der Waals surface area contributed by atoms with E-state index in [4.69, 9.17) is 11.6 Å². The second-order valence-electron chi connectivity index (χ2n) is 3.46. The molecule has 4 heteroatoms. The van der Waals surface area contributed by atoms with Gasteiger partial charge in [0, 0.05) is 19.8 Å². The molecule has 0 unspecified atom stereocenters. The summed E-state index contributed by atoms with van der Waals surface area (Å²) in [6.45, 7) is 0. The molecule has 0 aliphatic carbocycles. The summed E-state index contributed by atoms with van der Waals surface area (Å²) in [6.07, 6.45) is 1.73. The third-order valence-electron chi connectivity index (χ3n) is 2.16. The molecule has 0 atom stereocenters. The molecule has 0 saturated carbocycles. The van der Waals surface area contributed by atoms with Gasteiger partial charge < -0.3 is 4.90 Å². The second-order valence-corrected chi connectivity index (χ2v) is 3.82. The van der Waals surface area contributed by atoms with Gasteiger partial charge in [0.25, 0.3) is 0 Å². The number of hydrogen-bond acceptors (Lipinski definition) is 2. The predicted octanol–water partition coefficient (Wildman–Crippen LogP) is 2.59. The molecule has 0 saturated heterocycles. The molecule has 0 amide bonds. The zero-order valence-corrected chi connectivity index (χ0v) is 9.44. The van der Waals surface area contributed by atoms with E-state index in [1.165, 1.54) is 0 Å². The van der Waals surface area contributed by atoms with E-state index in [0.29, 0.717) is 5.15 Å². The summed E-state index contributed by atoms with van der Waals surface area (Å²) in [5, 5.41) is 0.517. The maximum atomic E-state index is 6.02. The zero-order chi connectivity index (χ0) is 10.8. The highest BCUT2D eigenvalue weighted by molar-refractivity contribution is 6.31. The molecule has 1 aromatic heterocycles. The molecule has 0 radical (unpaired) electrons. The van der Waals surface area contributed by atoms with E-state index in [1.807, 2.05) is 53.9 Å². The first-order chi connectivity index (χ1) is 7.20. The average molecular weight is 222 g/mol. The van der Waals surface area contributed by atoms with E-state index in [9.17, 15) is 0 Å². The lowest BCUT2D eigenvalue weighted by Gasteiger charge is -2.15. The molecule has 0 spiro atoms. The van der Waals surface area contributed by atoms with Crippen LogP contribution in [0.5, 0.6) is 0 Å². The van der Waals surface area contributed by atoms with Crippen LogP contribution >= 0.6 is 11.6 Å². The fraction of sp³-hybridized carbons (Fsp3) is 0.182. The van der Waals surface area contributed by atoms with E-state index >= 15 is 0 Å². The van der Waals surface area contributed by atoms with Gasteiger partial charge in [-0.05, 0) is 12.1 Å². The largest absolute Gasteiger partial charge is 0.361 e. The van der Waals surface area contributed by atoms with Gasteiger partial charge in [0.15, 0.2) is 11.0 Å². The molecule has 0 bridgehead atoms. The molecule has 2 aromatic rings. The highest BCUT2D eigenvalue weighted by atomic mass is 35.5. The molecule has 2 rings (SSSR count). The Morgan fingerprint density at radius 1 is 1.20 bits per heavy atom. The van der Waals surface area contributed by atoms with Crippen molar-refractivity contribution in [3.8, 4) is 5.69 Å². The molecule has 15 heavy (non-hydrogen) atoms. The summed E-state index contributed by atoms with van der Waals surface area (Å²) >= 11 is 6.02. The van der Waals surface area contributed by atoms with Gasteiger partial charge in [0.1, 0.15) is 6.33 Å². The first kappa shape index (κ1) is 10.1. The second kappa shape index (κ2) is 3.95. The first-order valence-corrected chi connectivity index (χ1v) is 5.03. The van der Waals surface area contributed by atoms with Crippen molar-refractivity contribution in [1.82, 2.24) is 9.55 Å². The number of aromatic nitrogens is 2. The molecule has 1 heterocycles. The van der Waals surface area contributed by atoms with Gasteiger partial charge in [0.05, 0.1) is 0 Å². The third-order valence-corrected chi connectivity index (χ3v) is 2.42. The van der Waals surface area contributed by atoms with Crippen LogP contribution in [-0.2, 0) is 0 Å². The summed E-state index contributed by atoms with van der Waals surface area (Å²) < 4.78 is 1.96. The van der Waals surface area contributed by atoms with Crippen LogP contribution in [0.15, 0.2) is 36.7 Å². The molecular formula is C11H12ClN3. The molecular weight excluding hydrogens is 210 g/mol. The number of anilines is 1. The summed E-state index contributed by atoms with van der Waals surface area (Å²) in [6, 6.07) is 10.00. The Morgan fingerprint density at radius 3 is 2.47 bits per heavy atom. The van der Waals surface area contributed by atoms with Crippen molar-refractivity contribution in [3.05, 3.63) is 41.8 Å². The quantitative estimate of drug-likeness (QED) is 0.777. The fourth-order valence-electron chi connectivity index (χ4n) is 1.50. The topological polar surface area (TPSA) is 21.1 Å². The summed E-state index contributed by atoms with van der Waals surface area (Å²) in [5.41, 5.74) is 1.06. The Morgan fingerprint density at radius 2 is 1.87 bits per heavy atom. The van der Waals surface area contributed by atoms with Crippen LogP contribution in [0.2, 0.25) is 5.15 Å². The zero-order valence-electron chi connectivity index (χ0n) is 8.68. The smallest absolute Gasteiger partial charge is 0.171 e. The lowest BCUT2D eigenvalue weighted by Crippen LogP contribution is -2.13. The van der Waals surface area contributed by atoms with Crippen LogP contribution in [0.3, 0.4) is 0 Å². The maximum absolute atomic E-state index is 6.02. The van der Waals surface area contributed by atoms with Crippen LogP contribution in [0.1, 0.15) is 0 Å². The number of halogens is 1. The van der Waals surface area contributed by atoms with Crippen molar-refractivity contribution in [2.24, 2.45) is 0 Å². The van der Waals surface area contributed by atoms with Crippen molar-refractivity contribution in [3.63, 3.8) is 0 Å². The van der Waals surface area contributed by atoms with E-state index in [1.54, 1.807) is 6.33 Å². The Hall–Kier alpha value is -1.48. The molecule has 0 aliphatic rings. The molecule has 0 fully saturated rings. The van der Waals surface area contributed by atoms with Crippen LogP contribution in [0.25, 0.3) is 5.69 Å². The standard InChI is InChI=1S/C11H12ClN3/c1-14(2)11-10(12)13-8-15(11)9-6-4-3-5-7-9/h3-8H,1-2H3. The van der Waals surface area contributed by atoms with Gasteiger partial charge in [-0.3, -0.25) is 4.57 Å². The molecule has 3 nitrogen and oxygen atoms in total. The monoisotopic (exact) mass is 221 g/mol. The normalized spacial score (nSPS) is 10.3. The van der Waals surface area contributed by atoms with Crippen molar-refractivity contribution < 1.29 is 0 Å². The first-order valence-electron chi connectivity index (χ1n) is 4.65. The van der Waals surface area contributed by atoms with Crippen molar-refractivity contribution in [2.75, 3.05) is 19.0 Å². The highest BCUT2D eigenvalue weighted by Gasteiger charge is 2.11. The van der Waals surface area contributed by atoms with Gasteiger partial charge >= 0.3 is 0 Å². The van der Waals surface area contributed by atoms with E-state index in [-0.39, 0.29) is 0 Å². The molecule has 0 N–H and O–H groups in total. The molecule has 78 valence electrons. The maximum Gasteiger partial charge on any atom is 0.171 e. The number of nitrogens with zero attached hydrogens (tertiary/aromatic N) is 3. The minimum atomic E-state index is 0.517. The predicted molar refractivity (Wildman–Crippen MR) is 62.9 cm³/mol. The van der Waals surface area contributed by atoms with E-state index < -0.39 is 0 Å². The third kappa shape index (κ3) is 1.83. The Kier molecular flexibility index (Phi) is 2.64. The van der Waals surface area contributed by atoms with Crippen molar-refractivity contribution >= 4 is 17.4 Å². The van der Waals surface area contributed by atoms with E-state index in [2.05, 4.69) is 4.98 Å². The Balaban J connectivity index is 2.54. The SMILES string of the molecule is CN(C)c1c(Cl)ncn1-c1ccccc1. The van der Waals surface area contributed by atoms with Gasteiger partial charge in [-0.25, -0.2) is 4.98 Å². The number of hydrogen-bond donors (Lipinski definition) is 0. The van der Waals surface area contributed by atoms with Gasteiger partial charge in [0.2, 0.25) is 0 Å². The fourth-order valence-corrected chi connectivity index (χ4v) is 1.80. The van der Waals surface area contributed by atoms with Crippen molar-refractivity contribution in [1.29, 1.82) is 0 Å². The number of rotatable bonds is 2. The summed E-state index contributed by atoms with van der Waals surface area (Å²) in [5.74, 6) is 0.892. The van der Waals surface area contributed by atoms with Crippen LogP contribution < -0.4 is 4.90 Å². The van der Waals surface area contributed by atoms with Gasteiger partial charge in [-0.1, -0.05) is 29.8 Å². The number of para-hydroxylation sites is 1. The minimum Gasteiger partial charge on any atom is -0.361 e. The van der Waals surface area contributed by atoms with Crippen LogP contribution in [-0.4, -0.2) is 23.6 Å². The molecule has 1 aromatic carbocycles. The van der Waals surface area contributed by atoms with Gasteiger partial charge in [-0.2, -0.15) is 0 Å². The summed E-state index contributed by atoms with van der Waals surface area (Å²) in [7, 11) is 3.89. The summed E-state index contributed by atoms with van der Waals surface area (Å²) in [4.78, 5) is 6.05. The van der Waals surface area contributed by atoms with Crippen LogP contribution in [0.4, 0.5) is 5.82 Å². The Bertz CT molecular complexity index is 448. The number of benzene rings is 1. The number of imidazole rings is 1. The van der Waals surface area contributed by atoms with Crippen molar-refractivity contribution in [2.45, 2.75) is 0 Å². The lowest BCUT2D eigenvalue weighted by molar-refractivity contribution is 0.981. The highest BCUT2D eigenvalue weighted by Crippen LogP contribution is 2.25. The van der Waals surface area contributed by atoms with Crippen LogP contribution in [0, 0.1) is 0 Å². The van der Waals surface area contributed by atoms with E-state index in [0.717, 1.165) is 11.5 Å². The Labute approximate surface area is 93.9 Å². The average Bonchev–Trinajstić information content (AvgIpc) is 2.61. The van der Waals surface area contributed by atoms with Gasteiger partial charge in [-0.15, -0.1) is 0 Å². The minimum absolute atomic E-state index is 0.517. The molecule has 0 aliphatic heterocycles. The lowest BCUT2D eigenvalue weighted by atomic mass is 10.3.